The predicted molar refractivity (Wildman–Crippen MR) is 87.5 cm³/mol. The molecular weight excluding hydrogens is 288 g/mol. The standard InChI is InChI=1S/C15H18N4O.ClH/c1-10(2)14(16)15(20)19-18-9-11-5-6-13-12(8-11)4-3-7-17-13;/h3-10,14H,16H2,1-2H3,(H,19,20);1H/b18-9+;/t14-;/m1./s1. The zero-order chi connectivity index (χ0) is 14.5. The van der Waals surface area contributed by atoms with Gasteiger partial charge in [0.25, 0.3) is 5.91 Å². The van der Waals surface area contributed by atoms with E-state index in [1.54, 1.807) is 12.4 Å². The predicted octanol–water partition coefficient (Wildman–Crippen LogP) is 2.09. The van der Waals surface area contributed by atoms with Crippen molar-refractivity contribution >= 4 is 35.4 Å². The Morgan fingerprint density at radius 2 is 2.14 bits per heavy atom. The van der Waals surface area contributed by atoms with Crippen molar-refractivity contribution < 1.29 is 4.79 Å². The normalized spacial score (nSPS) is 12.4. The van der Waals surface area contributed by atoms with Crippen LogP contribution in [0.4, 0.5) is 0 Å². The maximum absolute atomic E-state index is 11.6. The number of hydrogen-bond donors (Lipinski definition) is 2. The molecule has 0 bridgehead atoms. The number of pyridine rings is 1. The fourth-order valence-corrected chi connectivity index (χ4v) is 1.72. The van der Waals surface area contributed by atoms with E-state index in [4.69, 9.17) is 5.73 Å². The lowest BCUT2D eigenvalue weighted by molar-refractivity contribution is -0.123. The molecule has 0 spiro atoms. The Bertz CT molecular complexity index is 642. The molecule has 0 fully saturated rings. The highest BCUT2D eigenvalue weighted by atomic mass is 35.5. The monoisotopic (exact) mass is 306 g/mol. The fourth-order valence-electron chi connectivity index (χ4n) is 1.72. The van der Waals surface area contributed by atoms with Crippen LogP contribution in [0.15, 0.2) is 41.6 Å². The first kappa shape index (κ1) is 17.1. The van der Waals surface area contributed by atoms with Crippen molar-refractivity contribution in [3.63, 3.8) is 0 Å². The third kappa shape index (κ3) is 4.51. The SMILES string of the molecule is CC(C)[C@@H](N)C(=O)N/N=C/c1ccc2ncccc2c1.Cl. The number of hydrazone groups is 1. The first-order valence-corrected chi connectivity index (χ1v) is 6.51. The van der Waals surface area contributed by atoms with E-state index in [2.05, 4.69) is 15.5 Å². The smallest absolute Gasteiger partial charge is 0.257 e. The van der Waals surface area contributed by atoms with Crippen molar-refractivity contribution in [2.75, 3.05) is 0 Å². The summed E-state index contributed by atoms with van der Waals surface area (Å²) in [5, 5.41) is 4.96. The number of nitrogens with two attached hydrogens (primary N) is 1. The molecule has 21 heavy (non-hydrogen) atoms. The number of hydrogen-bond acceptors (Lipinski definition) is 4. The van der Waals surface area contributed by atoms with Gasteiger partial charge in [0.15, 0.2) is 0 Å². The highest BCUT2D eigenvalue weighted by molar-refractivity contribution is 5.89. The lowest BCUT2D eigenvalue weighted by Crippen LogP contribution is -2.42. The lowest BCUT2D eigenvalue weighted by Gasteiger charge is -2.12. The summed E-state index contributed by atoms with van der Waals surface area (Å²) in [4.78, 5) is 15.9. The molecule has 0 aliphatic carbocycles. The number of rotatable bonds is 4. The molecule has 3 N–H and O–H groups in total. The summed E-state index contributed by atoms with van der Waals surface area (Å²) in [6.45, 7) is 3.79. The minimum Gasteiger partial charge on any atom is -0.320 e. The molecule has 6 heteroatoms. The molecule has 2 rings (SSSR count). The van der Waals surface area contributed by atoms with E-state index in [-0.39, 0.29) is 24.2 Å². The van der Waals surface area contributed by atoms with Crippen LogP contribution in [0.2, 0.25) is 0 Å². The van der Waals surface area contributed by atoms with Crippen LogP contribution in [0.5, 0.6) is 0 Å². The maximum Gasteiger partial charge on any atom is 0.257 e. The minimum absolute atomic E-state index is 0. The third-order valence-electron chi connectivity index (χ3n) is 3.04. The molecule has 0 radical (unpaired) electrons. The Labute approximate surface area is 130 Å². The molecule has 0 saturated heterocycles. The summed E-state index contributed by atoms with van der Waals surface area (Å²) >= 11 is 0. The molecular formula is C15H19ClN4O. The third-order valence-corrected chi connectivity index (χ3v) is 3.04. The van der Waals surface area contributed by atoms with E-state index in [1.165, 1.54) is 0 Å². The van der Waals surface area contributed by atoms with Crippen LogP contribution in [0.1, 0.15) is 19.4 Å². The Morgan fingerprint density at radius 1 is 1.38 bits per heavy atom. The van der Waals surface area contributed by atoms with E-state index in [0.29, 0.717) is 0 Å². The van der Waals surface area contributed by atoms with E-state index < -0.39 is 6.04 Å². The van der Waals surface area contributed by atoms with Crippen molar-refractivity contribution in [3.05, 3.63) is 42.1 Å². The Kier molecular flexibility index (Phi) is 6.27. The summed E-state index contributed by atoms with van der Waals surface area (Å²) < 4.78 is 0. The van der Waals surface area contributed by atoms with Crippen molar-refractivity contribution in [1.82, 2.24) is 10.4 Å². The van der Waals surface area contributed by atoms with Crippen molar-refractivity contribution in [1.29, 1.82) is 0 Å². The summed E-state index contributed by atoms with van der Waals surface area (Å²) in [7, 11) is 0. The van der Waals surface area contributed by atoms with Gasteiger partial charge in [0.05, 0.1) is 17.8 Å². The number of carbonyl (C=O) groups is 1. The Balaban J connectivity index is 0.00000220. The second-order valence-electron chi connectivity index (χ2n) is 4.96. The second-order valence-corrected chi connectivity index (χ2v) is 4.96. The number of nitrogens with one attached hydrogen (secondary N) is 1. The minimum atomic E-state index is -0.548. The number of halogens is 1. The van der Waals surface area contributed by atoms with Crippen LogP contribution in [0, 0.1) is 5.92 Å². The first-order chi connectivity index (χ1) is 9.58. The van der Waals surface area contributed by atoms with Gasteiger partial charge < -0.3 is 5.73 Å². The molecule has 0 saturated carbocycles. The molecule has 112 valence electrons. The number of nitrogens with zero attached hydrogens (tertiary/aromatic N) is 2. The molecule has 1 aromatic carbocycles. The summed E-state index contributed by atoms with van der Waals surface area (Å²) in [5.74, 6) is -0.198. The molecule has 1 amide bonds. The molecule has 0 unspecified atom stereocenters. The fraction of sp³-hybridized carbons (Fsp3) is 0.267. The molecule has 0 aliphatic rings. The van der Waals surface area contributed by atoms with Gasteiger partial charge in [-0.15, -0.1) is 12.4 Å². The average Bonchev–Trinajstić information content (AvgIpc) is 2.46. The van der Waals surface area contributed by atoms with Gasteiger partial charge in [-0.05, 0) is 29.7 Å². The van der Waals surface area contributed by atoms with Crippen LogP contribution in [-0.2, 0) is 4.79 Å². The van der Waals surface area contributed by atoms with Gasteiger partial charge in [-0.3, -0.25) is 9.78 Å². The summed E-state index contributed by atoms with van der Waals surface area (Å²) in [6, 6.07) is 9.08. The quantitative estimate of drug-likeness (QED) is 0.670. The molecule has 5 nitrogen and oxygen atoms in total. The topological polar surface area (TPSA) is 80.4 Å². The van der Waals surface area contributed by atoms with Gasteiger partial charge in [0.1, 0.15) is 0 Å². The number of fused-ring (bicyclic) bond motifs is 1. The van der Waals surface area contributed by atoms with E-state index >= 15 is 0 Å². The largest absolute Gasteiger partial charge is 0.320 e. The molecule has 1 aromatic heterocycles. The first-order valence-electron chi connectivity index (χ1n) is 6.51. The zero-order valence-corrected chi connectivity index (χ0v) is 12.8. The van der Waals surface area contributed by atoms with E-state index in [9.17, 15) is 4.79 Å². The van der Waals surface area contributed by atoms with E-state index in [0.717, 1.165) is 16.5 Å². The number of carbonyl (C=O) groups excluding carboxylic acids is 1. The van der Waals surface area contributed by atoms with E-state index in [1.807, 2.05) is 44.2 Å². The highest BCUT2D eigenvalue weighted by Gasteiger charge is 2.15. The van der Waals surface area contributed by atoms with Gasteiger partial charge in [-0.25, -0.2) is 5.43 Å². The van der Waals surface area contributed by atoms with Gasteiger partial charge in [-0.2, -0.15) is 5.10 Å². The summed E-state index contributed by atoms with van der Waals surface area (Å²) in [6.07, 6.45) is 3.35. The van der Waals surface area contributed by atoms with Gasteiger partial charge >= 0.3 is 0 Å². The second kappa shape index (κ2) is 7.71. The van der Waals surface area contributed by atoms with Crippen molar-refractivity contribution in [2.45, 2.75) is 19.9 Å². The molecule has 1 heterocycles. The van der Waals surface area contributed by atoms with Crippen LogP contribution in [0.25, 0.3) is 10.9 Å². The van der Waals surface area contributed by atoms with Gasteiger partial charge in [0, 0.05) is 11.6 Å². The van der Waals surface area contributed by atoms with Crippen molar-refractivity contribution in [3.8, 4) is 0 Å². The number of aromatic nitrogens is 1. The van der Waals surface area contributed by atoms with Crippen LogP contribution < -0.4 is 11.2 Å². The van der Waals surface area contributed by atoms with Crippen LogP contribution in [-0.4, -0.2) is 23.1 Å². The molecule has 0 aliphatic heterocycles. The number of amides is 1. The average molecular weight is 307 g/mol. The molecule has 2 aromatic rings. The Morgan fingerprint density at radius 3 is 2.86 bits per heavy atom. The van der Waals surface area contributed by atoms with Gasteiger partial charge in [0.2, 0.25) is 0 Å². The highest BCUT2D eigenvalue weighted by Crippen LogP contribution is 2.11. The van der Waals surface area contributed by atoms with Crippen LogP contribution >= 0.6 is 12.4 Å². The van der Waals surface area contributed by atoms with Gasteiger partial charge in [-0.1, -0.05) is 26.0 Å². The Hall–Kier alpha value is -1.98. The number of benzene rings is 1. The van der Waals surface area contributed by atoms with Crippen molar-refractivity contribution in [2.24, 2.45) is 16.8 Å². The molecule has 1 atom stereocenters. The zero-order valence-electron chi connectivity index (χ0n) is 12.0. The lowest BCUT2D eigenvalue weighted by atomic mass is 10.1. The van der Waals surface area contributed by atoms with Crippen LogP contribution in [0.3, 0.4) is 0 Å². The summed E-state index contributed by atoms with van der Waals surface area (Å²) in [5.41, 5.74) is 9.99. The maximum atomic E-state index is 11.6.